The highest BCUT2D eigenvalue weighted by atomic mass is 79.9. The maximum absolute atomic E-state index is 12.9. The minimum atomic E-state index is -3.50. The van der Waals surface area contributed by atoms with E-state index in [1.807, 2.05) is 19.0 Å². The summed E-state index contributed by atoms with van der Waals surface area (Å²) < 4.78 is 28.2. The molecule has 140 valence electrons. The lowest BCUT2D eigenvalue weighted by Crippen LogP contribution is -2.45. The van der Waals surface area contributed by atoms with Crippen LogP contribution < -0.4 is 10.2 Å². The van der Waals surface area contributed by atoms with Crippen molar-refractivity contribution in [3.8, 4) is 0 Å². The minimum Gasteiger partial charge on any atom is -0.363 e. The van der Waals surface area contributed by atoms with Gasteiger partial charge in [-0.3, -0.25) is 0 Å². The molecule has 26 heavy (non-hydrogen) atoms. The molecule has 1 saturated heterocycles. The van der Waals surface area contributed by atoms with Crippen molar-refractivity contribution >= 4 is 37.6 Å². The zero-order chi connectivity index (χ0) is 18.7. The van der Waals surface area contributed by atoms with E-state index in [0.29, 0.717) is 23.8 Å². The van der Waals surface area contributed by atoms with Crippen LogP contribution in [-0.4, -0.2) is 55.9 Å². The normalized spacial score (nSPS) is 18.5. The molecular weight excluding hydrogens is 418 g/mol. The SMILES string of the molecule is CN(C)c1nccnc1NC1CCCN(S(=O)(=O)c2ccc(Br)cc2)C1. The van der Waals surface area contributed by atoms with Crippen LogP contribution in [-0.2, 0) is 10.0 Å². The fraction of sp³-hybridized carbons (Fsp3) is 0.412. The van der Waals surface area contributed by atoms with E-state index in [2.05, 4.69) is 31.2 Å². The summed E-state index contributed by atoms with van der Waals surface area (Å²) in [5.41, 5.74) is 0. The van der Waals surface area contributed by atoms with Gasteiger partial charge in [-0.05, 0) is 37.1 Å². The molecular formula is C17H22BrN5O2S. The summed E-state index contributed by atoms with van der Waals surface area (Å²) in [6.07, 6.45) is 4.96. The maximum atomic E-state index is 12.9. The summed E-state index contributed by atoms with van der Waals surface area (Å²) >= 11 is 3.34. The summed E-state index contributed by atoms with van der Waals surface area (Å²) in [5.74, 6) is 1.41. The van der Waals surface area contributed by atoms with Crippen molar-refractivity contribution in [1.29, 1.82) is 0 Å². The topological polar surface area (TPSA) is 78.4 Å². The van der Waals surface area contributed by atoms with Crippen molar-refractivity contribution < 1.29 is 8.42 Å². The number of nitrogens with zero attached hydrogens (tertiary/aromatic N) is 4. The quantitative estimate of drug-likeness (QED) is 0.770. The second-order valence-corrected chi connectivity index (χ2v) is 9.28. The van der Waals surface area contributed by atoms with E-state index in [4.69, 9.17) is 0 Å². The van der Waals surface area contributed by atoms with Gasteiger partial charge in [0.15, 0.2) is 11.6 Å². The molecule has 1 N–H and O–H groups in total. The van der Waals surface area contributed by atoms with Crippen LogP contribution in [0.3, 0.4) is 0 Å². The maximum Gasteiger partial charge on any atom is 0.243 e. The van der Waals surface area contributed by atoms with Crippen molar-refractivity contribution in [2.45, 2.75) is 23.8 Å². The van der Waals surface area contributed by atoms with E-state index in [-0.39, 0.29) is 6.04 Å². The number of halogens is 1. The number of aromatic nitrogens is 2. The number of hydrogen-bond acceptors (Lipinski definition) is 6. The first-order chi connectivity index (χ1) is 12.4. The Morgan fingerprint density at radius 3 is 2.58 bits per heavy atom. The first-order valence-corrected chi connectivity index (χ1v) is 10.6. The molecule has 0 aliphatic carbocycles. The van der Waals surface area contributed by atoms with Crippen LogP contribution in [0.2, 0.25) is 0 Å². The third-order valence-corrected chi connectivity index (χ3v) is 6.69. The number of piperidine rings is 1. The number of benzene rings is 1. The van der Waals surface area contributed by atoms with E-state index in [1.54, 1.807) is 41.0 Å². The zero-order valence-corrected chi connectivity index (χ0v) is 17.2. The second kappa shape index (κ2) is 7.89. The predicted octanol–water partition coefficient (Wildman–Crippen LogP) is 2.57. The highest BCUT2D eigenvalue weighted by molar-refractivity contribution is 9.10. The van der Waals surface area contributed by atoms with Gasteiger partial charge in [-0.25, -0.2) is 18.4 Å². The molecule has 1 unspecified atom stereocenters. The van der Waals surface area contributed by atoms with E-state index >= 15 is 0 Å². The van der Waals surface area contributed by atoms with Crippen LogP contribution in [0.4, 0.5) is 11.6 Å². The molecule has 2 aromatic rings. The third kappa shape index (κ3) is 4.16. The molecule has 1 aromatic heterocycles. The summed E-state index contributed by atoms with van der Waals surface area (Å²) in [7, 11) is 0.302. The molecule has 0 saturated carbocycles. The average molecular weight is 440 g/mol. The summed E-state index contributed by atoms with van der Waals surface area (Å²) in [5, 5.41) is 3.36. The largest absolute Gasteiger partial charge is 0.363 e. The lowest BCUT2D eigenvalue weighted by Gasteiger charge is -2.33. The molecule has 1 aromatic carbocycles. The molecule has 0 radical (unpaired) electrons. The summed E-state index contributed by atoms with van der Waals surface area (Å²) in [4.78, 5) is 10.9. The molecule has 9 heteroatoms. The molecule has 3 rings (SSSR count). The van der Waals surface area contributed by atoms with Crippen molar-refractivity contribution in [3.05, 3.63) is 41.1 Å². The summed E-state index contributed by atoms with van der Waals surface area (Å²) in [6, 6.07) is 6.74. The smallest absolute Gasteiger partial charge is 0.243 e. The van der Waals surface area contributed by atoms with Crippen LogP contribution in [0.15, 0.2) is 46.0 Å². The van der Waals surface area contributed by atoms with Crippen molar-refractivity contribution in [2.75, 3.05) is 37.4 Å². The van der Waals surface area contributed by atoms with Gasteiger partial charge in [-0.15, -0.1) is 0 Å². The third-order valence-electron chi connectivity index (χ3n) is 4.28. The lowest BCUT2D eigenvalue weighted by molar-refractivity contribution is 0.326. The highest BCUT2D eigenvalue weighted by Gasteiger charge is 2.30. The van der Waals surface area contributed by atoms with Crippen LogP contribution in [0.1, 0.15) is 12.8 Å². The molecule has 0 bridgehead atoms. The molecule has 0 amide bonds. The Labute approximate surface area is 162 Å². The fourth-order valence-electron chi connectivity index (χ4n) is 2.99. The Morgan fingerprint density at radius 1 is 1.19 bits per heavy atom. The van der Waals surface area contributed by atoms with Crippen molar-refractivity contribution in [1.82, 2.24) is 14.3 Å². The van der Waals surface area contributed by atoms with Crippen LogP contribution in [0, 0.1) is 0 Å². The van der Waals surface area contributed by atoms with Gasteiger partial charge in [0.1, 0.15) is 0 Å². The first kappa shape index (κ1) is 19.1. The predicted molar refractivity (Wildman–Crippen MR) is 106 cm³/mol. The molecule has 2 heterocycles. The minimum absolute atomic E-state index is 0.00984. The van der Waals surface area contributed by atoms with E-state index in [9.17, 15) is 8.42 Å². The molecule has 7 nitrogen and oxygen atoms in total. The van der Waals surface area contributed by atoms with Crippen molar-refractivity contribution in [3.63, 3.8) is 0 Å². The standard InChI is InChI=1S/C17H22BrN5O2S/c1-22(2)17-16(19-9-10-20-17)21-14-4-3-11-23(12-14)26(24,25)15-7-5-13(18)6-8-15/h5-10,14H,3-4,11-12H2,1-2H3,(H,19,21). The zero-order valence-electron chi connectivity index (χ0n) is 14.8. The molecule has 1 aliphatic rings. The van der Waals surface area contributed by atoms with Gasteiger partial charge in [0.2, 0.25) is 10.0 Å². The Morgan fingerprint density at radius 2 is 1.88 bits per heavy atom. The van der Waals surface area contributed by atoms with Crippen molar-refractivity contribution in [2.24, 2.45) is 0 Å². The molecule has 1 aliphatic heterocycles. The van der Waals surface area contributed by atoms with Gasteiger partial charge in [0.05, 0.1) is 4.90 Å². The Balaban J connectivity index is 1.76. The Kier molecular flexibility index (Phi) is 5.79. The number of hydrogen-bond donors (Lipinski definition) is 1. The molecule has 0 spiro atoms. The number of anilines is 2. The molecule has 1 fully saturated rings. The molecule has 1 atom stereocenters. The van der Waals surface area contributed by atoms with Gasteiger partial charge in [0, 0.05) is 50.1 Å². The second-order valence-electron chi connectivity index (χ2n) is 6.42. The highest BCUT2D eigenvalue weighted by Crippen LogP contribution is 2.25. The fourth-order valence-corrected chi connectivity index (χ4v) is 4.78. The summed E-state index contributed by atoms with van der Waals surface area (Å²) in [6.45, 7) is 0.930. The number of nitrogens with one attached hydrogen (secondary N) is 1. The van der Waals surface area contributed by atoms with Gasteiger partial charge in [-0.1, -0.05) is 15.9 Å². The Hall–Kier alpha value is -1.71. The van der Waals surface area contributed by atoms with Crippen LogP contribution in [0.5, 0.6) is 0 Å². The van der Waals surface area contributed by atoms with Crippen LogP contribution in [0.25, 0.3) is 0 Å². The van der Waals surface area contributed by atoms with Crippen LogP contribution >= 0.6 is 15.9 Å². The van der Waals surface area contributed by atoms with Gasteiger partial charge >= 0.3 is 0 Å². The average Bonchev–Trinajstić information content (AvgIpc) is 2.62. The van der Waals surface area contributed by atoms with E-state index in [0.717, 1.165) is 23.1 Å². The van der Waals surface area contributed by atoms with E-state index in [1.165, 1.54) is 0 Å². The Bertz CT molecular complexity index is 858. The number of sulfonamides is 1. The first-order valence-electron chi connectivity index (χ1n) is 8.38. The van der Waals surface area contributed by atoms with Gasteiger partial charge in [0.25, 0.3) is 0 Å². The van der Waals surface area contributed by atoms with Gasteiger partial charge < -0.3 is 10.2 Å². The monoisotopic (exact) mass is 439 g/mol. The number of rotatable bonds is 5. The lowest BCUT2D eigenvalue weighted by atomic mass is 10.1. The van der Waals surface area contributed by atoms with E-state index < -0.39 is 10.0 Å². The van der Waals surface area contributed by atoms with Gasteiger partial charge in [-0.2, -0.15) is 4.31 Å².